The first kappa shape index (κ1) is 14.9. The van der Waals surface area contributed by atoms with Crippen LogP contribution in [0.4, 0.5) is 5.82 Å². The van der Waals surface area contributed by atoms with Crippen LogP contribution in [0.3, 0.4) is 0 Å². The maximum Gasteiger partial charge on any atom is 0.224 e. The average Bonchev–Trinajstić information content (AvgIpc) is 2.46. The highest BCUT2D eigenvalue weighted by Crippen LogP contribution is 2.30. The van der Waals surface area contributed by atoms with Gasteiger partial charge in [-0.05, 0) is 0 Å². The van der Waals surface area contributed by atoms with Crippen molar-refractivity contribution in [3.05, 3.63) is 30.1 Å². The van der Waals surface area contributed by atoms with E-state index < -0.39 is 0 Å². The van der Waals surface area contributed by atoms with Crippen molar-refractivity contribution in [1.29, 1.82) is 0 Å². The molecule has 0 spiro atoms. The Labute approximate surface area is 122 Å². The summed E-state index contributed by atoms with van der Waals surface area (Å²) in [4.78, 5) is 8.25. The van der Waals surface area contributed by atoms with Crippen LogP contribution in [-0.4, -0.2) is 31.3 Å². The zero-order valence-corrected chi connectivity index (χ0v) is 12.1. The summed E-state index contributed by atoms with van der Waals surface area (Å²) in [6.07, 6.45) is 0. The number of aromatic nitrogens is 2. The highest BCUT2D eigenvalue weighted by atomic mass is 16.5. The number of hydrogen-bond acceptors (Lipinski definition) is 7. The Hall–Kier alpha value is -2.54. The number of hydrogen-bond donors (Lipinski definition) is 1. The average molecular weight is 291 g/mol. The third kappa shape index (κ3) is 3.96. The molecular formula is C14H17N3O4. The summed E-state index contributed by atoms with van der Waals surface area (Å²) in [6, 6.07) is 6.72. The fourth-order valence-electron chi connectivity index (χ4n) is 1.70. The molecule has 2 rings (SSSR count). The summed E-state index contributed by atoms with van der Waals surface area (Å²) in [5.74, 6) is 2.83. The first-order chi connectivity index (χ1) is 10.1. The second kappa shape index (κ2) is 6.76. The van der Waals surface area contributed by atoms with E-state index in [9.17, 15) is 0 Å². The Bertz CT molecular complexity index is 597. The monoisotopic (exact) mass is 291 g/mol. The van der Waals surface area contributed by atoms with Gasteiger partial charge in [0.1, 0.15) is 29.7 Å². The molecule has 0 aliphatic heterocycles. The smallest absolute Gasteiger partial charge is 0.224 e. The maximum atomic E-state index is 5.72. The number of nitrogen functional groups attached to an aromatic ring is 1. The number of benzene rings is 1. The van der Waals surface area contributed by atoms with E-state index in [1.54, 1.807) is 39.5 Å². The second-order valence-corrected chi connectivity index (χ2v) is 4.13. The fraction of sp³-hybridized carbons (Fsp3) is 0.286. The van der Waals surface area contributed by atoms with Gasteiger partial charge in [0.25, 0.3) is 0 Å². The molecule has 0 saturated carbocycles. The van der Waals surface area contributed by atoms with Crippen LogP contribution < -0.4 is 19.9 Å². The van der Waals surface area contributed by atoms with Gasteiger partial charge in [-0.3, -0.25) is 0 Å². The molecule has 0 amide bonds. The van der Waals surface area contributed by atoms with Crippen LogP contribution >= 0.6 is 0 Å². The van der Waals surface area contributed by atoms with Crippen molar-refractivity contribution < 1.29 is 18.9 Å². The van der Waals surface area contributed by atoms with Gasteiger partial charge in [-0.25, -0.2) is 4.98 Å². The molecule has 2 aromatic rings. The van der Waals surface area contributed by atoms with Crippen LogP contribution in [0.5, 0.6) is 23.1 Å². The van der Waals surface area contributed by atoms with Gasteiger partial charge < -0.3 is 24.7 Å². The molecule has 7 nitrogen and oxygen atoms in total. The van der Waals surface area contributed by atoms with Gasteiger partial charge in [0.05, 0.1) is 14.2 Å². The molecular weight excluding hydrogens is 274 g/mol. The molecule has 1 heterocycles. The summed E-state index contributed by atoms with van der Waals surface area (Å²) in [7, 11) is 4.69. The van der Waals surface area contributed by atoms with E-state index in [2.05, 4.69) is 9.97 Å². The first-order valence-corrected chi connectivity index (χ1v) is 6.18. The topological polar surface area (TPSA) is 88.7 Å². The third-order valence-electron chi connectivity index (χ3n) is 2.59. The lowest BCUT2D eigenvalue weighted by molar-refractivity contribution is 0.177. The number of nitrogens with zero attached hydrogens (tertiary/aromatic N) is 2. The summed E-state index contributed by atoms with van der Waals surface area (Å²) >= 11 is 0. The molecule has 7 heteroatoms. The standard InChI is InChI=1S/C14H17N3O4/c1-18-8-13-16-12(15)7-14(17-13)21-11-5-9(19-2)4-10(6-11)20-3/h4-7H,8H2,1-3H3,(H2,15,16,17). The Balaban J connectivity index is 2.28. The number of anilines is 1. The predicted molar refractivity (Wildman–Crippen MR) is 76.8 cm³/mol. The fourth-order valence-corrected chi connectivity index (χ4v) is 1.70. The molecule has 0 saturated heterocycles. The molecule has 0 unspecified atom stereocenters. The van der Waals surface area contributed by atoms with Crippen LogP contribution in [0.25, 0.3) is 0 Å². The van der Waals surface area contributed by atoms with Gasteiger partial charge in [-0.2, -0.15) is 4.98 Å². The number of methoxy groups -OCH3 is 3. The van der Waals surface area contributed by atoms with Gasteiger partial charge >= 0.3 is 0 Å². The molecule has 0 radical (unpaired) electrons. The molecule has 21 heavy (non-hydrogen) atoms. The van der Waals surface area contributed by atoms with Gasteiger partial charge in [0, 0.05) is 31.4 Å². The molecule has 0 aliphatic carbocycles. The number of ether oxygens (including phenoxy) is 4. The molecule has 1 aromatic carbocycles. The van der Waals surface area contributed by atoms with Crippen molar-refractivity contribution in [2.75, 3.05) is 27.1 Å². The molecule has 0 bridgehead atoms. The Morgan fingerprint density at radius 1 is 0.905 bits per heavy atom. The molecule has 0 fully saturated rings. The van der Waals surface area contributed by atoms with Gasteiger partial charge in [-0.15, -0.1) is 0 Å². The van der Waals surface area contributed by atoms with Crippen LogP contribution in [0.2, 0.25) is 0 Å². The van der Waals surface area contributed by atoms with Crippen LogP contribution in [-0.2, 0) is 11.3 Å². The van der Waals surface area contributed by atoms with Crippen molar-refractivity contribution in [3.63, 3.8) is 0 Å². The predicted octanol–water partition coefficient (Wildman–Crippen LogP) is 2.01. The molecule has 0 atom stereocenters. The van der Waals surface area contributed by atoms with E-state index in [-0.39, 0.29) is 6.61 Å². The van der Waals surface area contributed by atoms with Crippen molar-refractivity contribution in [1.82, 2.24) is 9.97 Å². The molecule has 1 aromatic heterocycles. The van der Waals surface area contributed by atoms with Gasteiger partial charge in [0.2, 0.25) is 5.88 Å². The third-order valence-corrected chi connectivity index (χ3v) is 2.59. The van der Waals surface area contributed by atoms with Crippen LogP contribution in [0.1, 0.15) is 5.82 Å². The minimum absolute atomic E-state index is 0.253. The Kier molecular flexibility index (Phi) is 4.78. The van der Waals surface area contributed by atoms with E-state index in [1.807, 2.05) is 0 Å². The SMILES string of the molecule is COCc1nc(N)cc(Oc2cc(OC)cc(OC)c2)n1. The van der Waals surface area contributed by atoms with Gasteiger partial charge in [-0.1, -0.05) is 0 Å². The first-order valence-electron chi connectivity index (χ1n) is 6.18. The quantitative estimate of drug-likeness (QED) is 0.870. The number of nitrogens with two attached hydrogens (primary N) is 1. The Morgan fingerprint density at radius 2 is 1.52 bits per heavy atom. The lowest BCUT2D eigenvalue weighted by atomic mass is 10.3. The summed E-state index contributed by atoms with van der Waals surface area (Å²) in [5.41, 5.74) is 5.72. The lowest BCUT2D eigenvalue weighted by Gasteiger charge is -2.10. The molecule has 112 valence electrons. The largest absolute Gasteiger partial charge is 0.496 e. The lowest BCUT2D eigenvalue weighted by Crippen LogP contribution is -2.02. The van der Waals surface area contributed by atoms with Gasteiger partial charge in [0.15, 0.2) is 5.82 Å². The van der Waals surface area contributed by atoms with E-state index in [4.69, 9.17) is 24.7 Å². The molecule has 2 N–H and O–H groups in total. The second-order valence-electron chi connectivity index (χ2n) is 4.13. The minimum Gasteiger partial charge on any atom is -0.496 e. The summed E-state index contributed by atoms with van der Waals surface area (Å²) in [6.45, 7) is 0.253. The minimum atomic E-state index is 0.253. The van der Waals surface area contributed by atoms with E-state index in [0.29, 0.717) is 34.8 Å². The van der Waals surface area contributed by atoms with E-state index >= 15 is 0 Å². The zero-order chi connectivity index (χ0) is 15.2. The summed E-state index contributed by atoms with van der Waals surface area (Å²) in [5, 5.41) is 0. The van der Waals surface area contributed by atoms with Crippen LogP contribution in [0, 0.1) is 0 Å². The van der Waals surface area contributed by atoms with E-state index in [1.165, 1.54) is 6.07 Å². The van der Waals surface area contributed by atoms with E-state index in [0.717, 1.165) is 0 Å². The zero-order valence-electron chi connectivity index (χ0n) is 12.1. The normalized spacial score (nSPS) is 10.2. The van der Waals surface area contributed by atoms with Crippen LogP contribution in [0.15, 0.2) is 24.3 Å². The van der Waals surface area contributed by atoms with Crippen molar-refractivity contribution >= 4 is 5.82 Å². The number of rotatable bonds is 6. The van der Waals surface area contributed by atoms with Crippen molar-refractivity contribution in [2.45, 2.75) is 6.61 Å². The summed E-state index contributed by atoms with van der Waals surface area (Å²) < 4.78 is 21.0. The van der Waals surface area contributed by atoms with Crippen molar-refractivity contribution in [2.24, 2.45) is 0 Å². The van der Waals surface area contributed by atoms with Crippen molar-refractivity contribution in [3.8, 4) is 23.1 Å². The molecule has 0 aliphatic rings. The Morgan fingerprint density at radius 3 is 2.10 bits per heavy atom. The highest BCUT2D eigenvalue weighted by Gasteiger charge is 2.08. The highest BCUT2D eigenvalue weighted by molar-refractivity contribution is 5.44. The maximum absolute atomic E-state index is 5.72.